The Morgan fingerprint density at radius 1 is 0.941 bits per heavy atom. The molecule has 0 radical (unpaired) electrons. The minimum absolute atomic E-state index is 0.181. The van der Waals surface area contributed by atoms with E-state index in [1.54, 1.807) is 0 Å². The number of aryl methyl sites for hydroxylation is 1. The molecule has 0 saturated carbocycles. The summed E-state index contributed by atoms with van der Waals surface area (Å²) >= 11 is 6.63. The van der Waals surface area contributed by atoms with Gasteiger partial charge in [0.05, 0.1) is 5.38 Å². The number of alkyl halides is 1. The lowest BCUT2D eigenvalue weighted by molar-refractivity contribution is 0.426. The maximum Gasteiger partial charge on any atom is 0.0613 e. The molecule has 1 aromatic rings. The SMILES string of the molecule is CCCC(CCC)C(Cl)c1ccc(CC)cc1. The summed E-state index contributed by atoms with van der Waals surface area (Å²) in [5, 5.41) is 0.181. The second-order valence-corrected chi connectivity index (χ2v) is 5.30. The highest BCUT2D eigenvalue weighted by atomic mass is 35.5. The molecule has 17 heavy (non-hydrogen) atoms. The van der Waals surface area contributed by atoms with Crippen molar-refractivity contribution in [2.24, 2.45) is 5.92 Å². The molecule has 0 spiro atoms. The average Bonchev–Trinajstić information content (AvgIpc) is 2.38. The largest absolute Gasteiger partial charge is 0.118 e. The molecule has 0 N–H and O–H groups in total. The van der Waals surface area contributed by atoms with Crippen LogP contribution in [-0.2, 0) is 6.42 Å². The predicted molar refractivity (Wildman–Crippen MR) is 77.7 cm³/mol. The Bertz CT molecular complexity index is 296. The van der Waals surface area contributed by atoms with E-state index in [2.05, 4.69) is 45.0 Å². The van der Waals surface area contributed by atoms with Crippen LogP contribution in [0.25, 0.3) is 0 Å². The fraction of sp³-hybridized carbons (Fsp3) is 0.625. The first-order chi connectivity index (χ1) is 8.22. The van der Waals surface area contributed by atoms with Gasteiger partial charge in [0, 0.05) is 0 Å². The Balaban J connectivity index is 2.73. The summed E-state index contributed by atoms with van der Waals surface area (Å²) in [6.45, 7) is 6.67. The average molecular weight is 253 g/mol. The van der Waals surface area contributed by atoms with Crippen LogP contribution in [-0.4, -0.2) is 0 Å². The lowest BCUT2D eigenvalue weighted by Crippen LogP contribution is -2.08. The molecule has 1 aromatic carbocycles. The maximum absolute atomic E-state index is 6.63. The Kier molecular flexibility index (Phi) is 6.65. The van der Waals surface area contributed by atoms with Crippen LogP contribution in [0.3, 0.4) is 0 Å². The molecule has 0 aliphatic carbocycles. The maximum atomic E-state index is 6.63. The molecule has 1 rings (SSSR count). The third-order valence-electron chi connectivity index (χ3n) is 3.44. The van der Waals surface area contributed by atoms with Crippen molar-refractivity contribution in [3.8, 4) is 0 Å². The third-order valence-corrected chi connectivity index (χ3v) is 4.05. The zero-order valence-electron chi connectivity index (χ0n) is 11.4. The molecule has 0 heterocycles. The van der Waals surface area contributed by atoms with Gasteiger partial charge in [-0.05, 0) is 36.3 Å². The Hall–Kier alpha value is -0.490. The van der Waals surface area contributed by atoms with E-state index in [0.29, 0.717) is 5.92 Å². The van der Waals surface area contributed by atoms with Crippen molar-refractivity contribution in [3.63, 3.8) is 0 Å². The fourth-order valence-electron chi connectivity index (χ4n) is 2.39. The smallest absolute Gasteiger partial charge is 0.0613 e. The molecular formula is C16H25Cl. The number of rotatable bonds is 7. The van der Waals surface area contributed by atoms with E-state index in [9.17, 15) is 0 Å². The Morgan fingerprint density at radius 3 is 1.88 bits per heavy atom. The summed E-state index contributed by atoms with van der Waals surface area (Å²) in [4.78, 5) is 0. The second-order valence-electron chi connectivity index (χ2n) is 4.83. The first-order valence-electron chi connectivity index (χ1n) is 6.95. The number of hydrogen-bond donors (Lipinski definition) is 0. The summed E-state index contributed by atoms with van der Waals surface area (Å²) in [5.41, 5.74) is 2.68. The fourth-order valence-corrected chi connectivity index (χ4v) is 2.79. The normalized spacial score (nSPS) is 13.0. The molecule has 0 fully saturated rings. The van der Waals surface area contributed by atoms with Crippen molar-refractivity contribution in [3.05, 3.63) is 35.4 Å². The van der Waals surface area contributed by atoms with Crippen LogP contribution in [0.2, 0.25) is 0 Å². The molecular weight excluding hydrogens is 228 g/mol. The number of halogens is 1. The summed E-state index contributed by atoms with van der Waals surface area (Å²) in [5.74, 6) is 0.624. The topological polar surface area (TPSA) is 0 Å². The van der Waals surface area contributed by atoms with Crippen molar-refractivity contribution in [1.82, 2.24) is 0 Å². The van der Waals surface area contributed by atoms with Gasteiger partial charge < -0.3 is 0 Å². The minimum Gasteiger partial charge on any atom is -0.118 e. The van der Waals surface area contributed by atoms with Gasteiger partial charge in [0.15, 0.2) is 0 Å². The van der Waals surface area contributed by atoms with E-state index < -0.39 is 0 Å². The number of hydrogen-bond acceptors (Lipinski definition) is 0. The van der Waals surface area contributed by atoms with E-state index in [1.807, 2.05) is 0 Å². The van der Waals surface area contributed by atoms with Crippen LogP contribution in [0.1, 0.15) is 63.0 Å². The van der Waals surface area contributed by atoms with Crippen LogP contribution in [0.4, 0.5) is 0 Å². The van der Waals surface area contributed by atoms with Gasteiger partial charge in [-0.2, -0.15) is 0 Å². The van der Waals surface area contributed by atoms with Gasteiger partial charge in [0.1, 0.15) is 0 Å². The highest BCUT2D eigenvalue weighted by Gasteiger charge is 2.19. The Labute approximate surface area is 111 Å². The van der Waals surface area contributed by atoms with Gasteiger partial charge in [-0.3, -0.25) is 0 Å². The molecule has 0 aromatic heterocycles. The molecule has 1 unspecified atom stereocenters. The third kappa shape index (κ3) is 4.35. The van der Waals surface area contributed by atoms with Crippen molar-refractivity contribution in [2.75, 3.05) is 0 Å². The molecule has 1 heteroatoms. The van der Waals surface area contributed by atoms with Crippen LogP contribution in [0, 0.1) is 5.92 Å². The summed E-state index contributed by atoms with van der Waals surface area (Å²) in [6.07, 6.45) is 6.01. The van der Waals surface area contributed by atoms with E-state index >= 15 is 0 Å². The zero-order chi connectivity index (χ0) is 12.7. The molecule has 0 nitrogen and oxygen atoms in total. The highest BCUT2D eigenvalue weighted by molar-refractivity contribution is 6.21. The van der Waals surface area contributed by atoms with Gasteiger partial charge in [0.25, 0.3) is 0 Å². The van der Waals surface area contributed by atoms with E-state index in [-0.39, 0.29) is 5.38 Å². The molecule has 0 aliphatic rings. The minimum atomic E-state index is 0.181. The van der Waals surface area contributed by atoms with Crippen molar-refractivity contribution < 1.29 is 0 Å². The van der Waals surface area contributed by atoms with Gasteiger partial charge in [-0.25, -0.2) is 0 Å². The van der Waals surface area contributed by atoms with Crippen molar-refractivity contribution >= 4 is 11.6 Å². The van der Waals surface area contributed by atoms with Crippen molar-refractivity contribution in [1.29, 1.82) is 0 Å². The Morgan fingerprint density at radius 2 is 1.47 bits per heavy atom. The standard InChI is InChI=1S/C16H25Cl/c1-4-7-14(8-5-2)16(17)15-11-9-13(6-3)10-12-15/h9-12,14,16H,4-8H2,1-3H3. The van der Waals surface area contributed by atoms with E-state index in [0.717, 1.165) is 6.42 Å². The molecule has 96 valence electrons. The second kappa shape index (κ2) is 7.76. The molecule has 0 saturated heterocycles. The van der Waals surface area contributed by atoms with Crippen LogP contribution in [0.15, 0.2) is 24.3 Å². The quantitative estimate of drug-likeness (QED) is 0.543. The van der Waals surface area contributed by atoms with E-state index in [4.69, 9.17) is 11.6 Å². The summed E-state index contributed by atoms with van der Waals surface area (Å²) in [6, 6.07) is 8.82. The van der Waals surface area contributed by atoms with Crippen LogP contribution >= 0.6 is 11.6 Å². The molecule has 0 bridgehead atoms. The van der Waals surface area contributed by atoms with E-state index in [1.165, 1.54) is 36.8 Å². The first kappa shape index (κ1) is 14.6. The van der Waals surface area contributed by atoms with Crippen molar-refractivity contribution in [2.45, 2.75) is 58.3 Å². The van der Waals surface area contributed by atoms with Crippen LogP contribution in [0.5, 0.6) is 0 Å². The lowest BCUT2D eigenvalue weighted by Gasteiger charge is -2.22. The molecule has 0 amide bonds. The highest BCUT2D eigenvalue weighted by Crippen LogP contribution is 2.35. The van der Waals surface area contributed by atoms with Gasteiger partial charge >= 0.3 is 0 Å². The van der Waals surface area contributed by atoms with Gasteiger partial charge in [-0.15, -0.1) is 11.6 Å². The van der Waals surface area contributed by atoms with Gasteiger partial charge in [0.2, 0.25) is 0 Å². The first-order valence-corrected chi connectivity index (χ1v) is 7.39. The number of benzene rings is 1. The summed E-state index contributed by atoms with van der Waals surface area (Å²) in [7, 11) is 0. The monoisotopic (exact) mass is 252 g/mol. The molecule has 0 aliphatic heterocycles. The molecule has 1 atom stereocenters. The van der Waals surface area contributed by atoms with Crippen LogP contribution < -0.4 is 0 Å². The summed E-state index contributed by atoms with van der Waals surface area (Å²) < 4.78 is 0. The zero-order valence-corrected chi connectivity index (χ0v) is 12.1. The lowest BCUT2D eigenvalue weighted by atomic mass is 9.90. The predicted octanol–water partition coefficient (Wildman–Crippen LogP) is 5.75. The van der Waals surface area contributed by atoms with Gasteiger partial charge in [-0.1, -0.05) is 57.9 Å².